The van der Waals surface area contributed by atoms with Crippen molar-refractivity contribution in [2.24, 2.45) is 0 Å². The molecule has 4 rings (SSSR count). The van der Waals surface area contributed by atoms with Gasteiger partial charge in [-0.1, -0.05) is 12.1 Å². The molecule has 0 atom stereocenters. The van der Waals surface area contributed by atoms with Gasteiger partial charge < -0.3 is 25.4 Å². The maximum absolute atomic E-state index is 12.9. The summed E-state index contributed by atoms with van der Waals surface area (Å²) in [5, 5.41) is 8.04. The summed E-state index contributed by atoms with van der Waals surface area (Å²) in [5.41, 5.74) is 9.29. The summed E-state index contributed by atoms with van der Waals surface area (Å²) in [5.74, 6) is -0.689. The van der Waals surface area contributed by atoms with Gasteiger partial charge in [-0.2, -0.15) is 0 Å². The van der Waals surface area contributed by atoms with Gasteiger partial charge in [-0.15, -0.1) is 11.3 Å². The number of nitrogen functional groups attached to an aromatic ring is 1. The molecule has 196 valence electrons. The van der Waals surface area contributed by atoms with Crippen LogP contribution in [0.3, 0.4) is 0 Å². The zero-order chi connectivity index (χ0) is 27.1. The lowest BCUT2D eigenvalue weighted by Crippen LogP contribution is -2.15. The summed E-state index contributed by atoms with van der Waals surface area (Å²) in [7, 11) is -3.40. The molecule has 0 radical (unpaired) electrons. The molecule has 0 unspecified atom stereocenters. The van der Waals surface area contributed by atoms with Gasteiger partial charge in [0.1, 0.15) is 0 Å². The second-order valence-corrected chi connectivity index (χ2v) is 11.1. The lowest BCUT2D eigenvalue weighted by Gasteiger charge is -2.17. The number of benzene rings is 3. The fraction of sp³-hybridized carbons (Fsp3) is 0.143. The van der Waals surface area contributed by atoms with Crippen LogP contribution in [-0.2, 0) is 13.6 Å². The first-order valence-corrected chi connectivity index (χ1v) is 14.4. The predicted octanol–water partition coefficient (Wildman–Crippen LogP) is 6.39. The van der Waals surface area contributed by atoms with Crippen LogP contribution in [0.15, 0.2) is 84.2 Å². The molecule has 0 aliphatic carbocycles. The standard InChI is InChI=1S/C28H28N3O5PS/c1-3-35-37(34,36-4-2)23-14-12-22(13-15-23)30-27(32)19-7-9-20(10-8-19)28(33)31-25-18-21(11-16-24(25)29)26-6-5-17-38-26/h5-18H,3-4,29H2,1-2H3,(H,30,32)(H,31,33). The Kier molecular flexibility index (Phi) is 8.76. The van der Waals surface area contributed by atoms with E-state index in [1.54, 1.807) is 79.8 Å². The van der Waals surface area contributed by atoms with E-state index < -0.39 is 7.60 Å². The number of carbonyl (C=O) groups excluding carboxylic acids is 2. The average Bonchev–Trinajstić information content (AvgIpc) is 3.46. The zero-order valence-electron chi connectivity index (χ0n) is 21.0. The third-order valence-corrected chi connectivity index (χ3v) is 8.60. The first-order valence-electron chi connectivity index (χ1n) is 12.0. The number of carbonyl (C=O) groups is 2. The second-order valence-electron chi connectivity index (χ2n) is 8.14. The van der Waals surface area contributed by atoms with Crippen LogP contribution in [0.25, 0.3) is 10.4 Å². The summed E-state index contributed by atoms with van der Waals surface area (Å²) >= 11 is 1.60. The molecule has 0 saturated heterocycles. The van der Waals surface area contributed by atoms with Crippen molar-refractivity contribution >= 4 is 53.1 Å². The van der Waals surface area contributed by atoms with E-state index in [0.29, 0.717) is 33.5 Å². The molecule has 4 N–H and O–H groups in total. The Bertz CT molecular complexity index is 1450. The number of anilines is 3. The number of thiophene rings is 1. The van der Waals surface area contributed by atoms with E-state index in [2.05, 4.69) is 10.6 Å². The summed E-state index contributed by atoms with van der Waals surface area (Å²) in [4.78, 5) is 26.6. The van der Waals surface area contributed by atoms with Crippen LogP contribution in [-0.4, -0.2) is 25.0 Å². The highest BCUT2D eigenvalue weighted by Gasteiger charge is 2.26. The van der Waals surface area contributed by atoms with Gasteiger partial charge in [-0.25, -0.2) is 0 Å². The van der Waals surface area contributed by atoms with Gasteiger partial charge in [-0.3, -0.25) is 14.2 Å². The molecule has 0 aliphatic heterocycles. The van der Waals surface area contributed by atoms with Gasteiger partial charge in [0.2, 0.25) is 0 Å². The minimum atomic E-state index is -3.40. The fourth-order valence-electron chi connectivity index (χ4n) is 3.68. The normalized spacial score (nSPS) is 11.2. The van der Waals surface area contributed by atoms with Gasteiger partial charge in [0.05, 0.1) is 29.9 Å². The maximum atomic E-state index is 12.9. The van der Waals surface area contributed by atoms with Crippen molar-refractivity contribution in [3.8, 4) is 10.4 Å². The Morgan fingerprint density at radius 3 is 2.00 bits per heavy atom. The first kappa shape index (κ1) is 27.3. The second kappa shape index (κ2) is 12.2. The van der Waals surface area contributed by atoms with Crippen LogP contribution in [0, 0.1) is 0 Å². The Morgan fingerprint density at radius 2 is 1.45 bits per heavy atom. The van der Waals surface area contributed by atoms with Gasteiger partial charge in [0.25, 0.3) is 11.8 Å². The molecule has 0 fully saturated rings. The quantitative estimate of drug-likeness (QED) is 0.156. The van der Waals surface area contributed by atoms with E-state index in [-0.39, 0.29) is 25.0 Å². The molecule has 4 aromatic rings. The fourth-order valence-corrected chi connectivity index (χ4v) is 5.98. The molecular formula is C28H28N3O5PS. The van der Waals surface area contributed by atoms with Crippen LogP contribution in [0.2, 0.25) is 0 Å². The SMILES string of the molecule is CCOP(=O)(OCC)c1ccc(NC(=O)c2ccc(C(=O)Nc3cc(-c4cccs4)ccc3N)cc2)cc1. The van der Waals surface area contributed by atoms with Crippen LogP contribution in [0.4, 0.5) is 17.1 Å². The first-order chi connectivity index (χ1) is 18.3. The average molecular weight is 550 g/mol. The minimum Gasteiger partial charge on any atom is -0.397 e. The molecule has 1 heterocycles. The van der Waals surface area contributed by atoms with Gasteiger partial charge in [0, 0.05) is 21.7 Å². The molecule has 8 nitrogen and oxygen atoms in total. The highest BCUT2D eigenvalue weighted by atomic mass is 32.1. The van der Waals surface area contributed by atoms with Crippen molar-refractivity contribution in [3.63, 3.8) is 0 Å². The summed E-state index contributed by atoms with van der Waals surface area (Å²) in [6.07, 6.45) is 0. The van der Waals surface area contributed by atoms with Crippen LogP contribution in [0.5, 0.6) is 0 Å². The summed E-state index contributed by atoms with van der Waals surface area (Å²) < 4.78 is 23.6. The van der Waals surface area contributed by atoms with Crippen molar-refractivity contribution < 1.29 is 23.2 Å². The van der Waals surface area contributed by atoms with Gasteiger partial charge in [0.15, 0.2) is 0 Å². The predicted molar refractivity (Wildman–Crippen MR) is 153 cm³/mol. The van der Waals surface area contributed by atoms with E-state index in [0.717, 1.165) is 10.4 Å². The number of hydrogen-bond donors (Lipinski definition) is 3. The summed E-state index contributed by atoms with van der Waals surface area (Å²) in [6, 6.07) is 22.3. The van der Waals surface area contributed by atoms with Crippen LogP contribution < -0.4 is 21.7 Å². The lowest BCUT2D eigenvalue weighted by atomic mass is 10.1. The van der Waals surface area contributed by atoms with Gasteiger partial charge >= 0.3 is 7.60 Å². The molecule has 0 saturated carbocycles. The topological polar surface area (TPSA) is 120 Å². The zero-order valence-corrected chi connectivity index (χ0v) is 22.7. The third kappa shape index (κ3) is 6.38. The molecular weight excluding hydrogens is 521 g/mol. The maximum Gasteiger partial charge on any atom is 0.361 e. The van der Waals surface area contributed by atoms with Crippen molar-refractivity contribution in [3.05, 3.63) is 95.4 Å². The van der Waals surface area contributed by atoms with Crippen molar-refractivity contribution in [1.29, 1.82) is 0 Å². The summed E-state index contributed by atoms with van der Waals surface area (Å²) in [6.45, 7) is 3.99. The minimum absolute atomic E-state index is 0.249. The molecule has 1 aromatic heterocycles. The lowest BCUT2D eigenvalue weighted by molar-refractivity contribution is 0.101. The highest BCUT2D eigenvalue weighted by Crippen LogP contribution is 2.46. The number of hydrogen-bond acceptors (Lipinski definition) is 7. The van der Waals surface area contributed by atoms with Crippen LogP contribution in [0.1, 0.15) is 34.6 Å². The molecule has 38 heavy (non-hydrogen) atoms. The van der Waals surface area contributed by atoms with E-state index in [4.69, 9.17) is 14.8 Å². The Hall–Kier alpha value is -3.75. The number of nitrogens with one attached hydrogen (secondary N) is 2. The van der Waals surface area contributed by atoms with E-state index in [1.165, 1.54) is 0 Å². The smallest absolute Gasteiger partial charge is 0.361 e. The molecule has 10 heteroatoms. The monoisotopic (exact) mass is 549 g/mol. The molecule has 3 aromatic carbocycles. The molecule has 0 bridgehead atoms. The Labute approximate surface area is 225 Å². The molecule has 0 aliphatic rings. The largest absolute Gasteiger partial charge is 0.397 e. The van der Waals surface area contributed by atoms with Crippen molar-refractivity contribution in [2.45, 2.75) is 13.8 Å². The third-order valence-electron chi connectivity index (χ3n) is 5.56. The Balaban J connectivity index is 1.41. The van der Waals surface area contributed by atoms with E-state index >= 15 is 0 Å². The van der Waals surface area contributed by atoms with Gasteiger partial charge in [-0.05, 0) is 91.5 Å². The van der Waals surface area contributed by atoms with Crippen LogP contribution >= 0.6 is 18.9 Å². The molecule has 0 spiro atoms. The number of rotatable bonds is 10. The van der Waals surface area contributed by atoms with Crippen molar-refractivity contribution in [2.75, 3.05) is 29.6 Å². The molecule has 2 amide bonds. The number of amides is 2. The van der Waals surface area contributed by atoms with E-state index in [1.807, 2.05) is 29.6 Å². The Morgan fingerprint density at radius 1 is 0.842 bits per heavy atom. The van der Waals surface area contributed by atoms with Crippen molar-refractivity contribution in [1.82, 2.24) is 0 Å². The highest BCUT2D eigenvalue weighted by molar-refractivity contribution is 7.62. The van der Waals surface area contributed by atoms with E-state index in [9.17, 15) is 14.2 Å². The number of nitrogens with two attached hydrogens (primary N) is 1.